The van der Waals surface area contributed by atoms with Gasteiger partial charge in [-0.1, -0.05) is 179 Å². The number of aliphatic carboxylic acids is 1. The quantitative estimate of drug-likeness (QED) is 0.0272. The zero-order valence-corrected chi connectivity index (χ0v) is 38.0. The number of carboxylic acid groups (broad SMARTS) is 1. The standard InChI is InChI=1S/C50H90N2O7/c1-3-5-7-9-11-13-15-17-18-19-20-21-22-23-25-27-29-34-38-42-49(56)59-45(39-35-31-28-26-24-16-14-12-10-8-6-4-2)40-36-32-30-33-37-41-47(54)51-43-48(55)52-46(44-53)50(57)58/h11,13,17-18,20-21,45-46,53H,3-10,12,14-16,19,22-44H2,1-2H3,(H,51,54)(H,52,55)(H,57,58)/b13-11-,18-17-,21-20-. The number of aliphatic hydroxyl groups excluding tert-OH is 1. The molecule has 0 radical (unpaired) electrons. The van der Waals surface area contributed by atoms with Crippen molar-refractivity contribution in [3.05, 3.63) is 36.5 Å². The summed E-state index contributed by atoms with van der Waals surface area (Å²) in [6.07, 6.45) is 51.7. The first-order valence-electron chi connectivity index (χ1n) is 24.4. The van der Waals surface area contributed by atoms with Gasteiger partial charge in [-0.3, -0.25) is 14.4 Å². The summed E-state index contributed by atoms with van der Waals surface area (Å²) in [6, 6.07) is -1.38. The molecule has 2 amide bonds. The number of hydrogen-bond donors (Lipinski definition) is 4. The van der Waals surface area contributed by atoms with Crippen LogP contribution in [0, 0.1) is 0 Å². The summed E-state index contributed by atoms with van der Waals surface area (Å²) in [5.74, 6) is -2.29. The second-order valence-corrected chi connectivity index (χ2v) is 16.6. The van der Waals surface area contributed by atoms with Crippen molar-refractivity contribution in [2.75, 3.05) is 13.2 Å². The number of carboxylic acids is 1. The minimum Gasteiger partial charge on any atom is -0.480 e. The van der Waals surface area contributed by atoms with Crippen molar-refractivity contribution in [3.63, 3.8) is 0 Å². The van der Waals surface area contributed by atoms with Gasteiger partial charge >= 0.3 is 11.9 Å². The van der Waals surface area contributed by atoms with Crippen LogP contribution in [0.3, 0.4) is 0 Å². The maximum Gasteiger partial charge on any atom is 0.328 e. The van der Waals surface area contributed by atoms with E-state index in [0.717, 1.165) is 77.0 Å². The van der Waals surface area contributed by atoms with E-state index in [1.807, 2.05) is 0 Å². The van der Waals surface area contributed by atoms with Gasteiger partial charge in [-0.15, -0.1) is 0 Å². The Labute approximate surface area is 361 Å². The summed E-state index contributed by atoms with van der Waals surface area (Å²) in [7, 11) is 0. The van der Waals surface area contributed by atoms with E-state index in [1.54, 1.807) is 0 Å². The molecule has 9 nitrogen and oxygen atoms in total. The molecule has 9 heteroatoms. The van der Waals surface area contributed by atoms with Crippen LogP contribution in [0.5, 0.6) is 0 Å². The topological polar surface area (TPSA) is 142 Å². The van der Waals surface area contributed by atoms with Crippen LogP contribution < -0.4 is 10.6 Å². The highest BCUT2D eigenvalue weighted by atomic mass is 16.5. The fourth-order valence-electron chi connectivity index (χ4n) is 7.13. The second kappa shape index (κ2) is 44.6. The number of rotatable bonds is 44. The number of carbonyl (C=O) groups excluding carboxylic acids is 3. The second-order valence-electron chi connectivity index (χ2n) is 16.6. The molecule has 0 saturated heterocycles. The van der Waals surface area contributed by atoms with E-state index >= 15 is 0 Å². The number of carbonyl (C=O) groups is 4. The summed E-state index contributed by atoms with van der Waals surface area (Å²) in [6.45, 7) is 3.47. The highest BCUT2D eigenvalue weighted by Gasteiger charge is 2.19. The minimum absolute atomic E-state index is 0.0187. The molecule has 0 aliphatic heterocycles. The molecule has 0 bridgehead atoms. The van der Waals surface area contributed by atoms with Crippen molar-refractivity contribution in [2.45, 2.75) is 244 Å². The first kappa shape index (κ1) is 56.1. The van der Waals surface area contributed by atoms with Crippen LogP contribution in [-0.2, 0) is 23.9 Å². The molecule has 0 saturated carbocycles. The van der Waals surface area contributed by atoms with Crippen LogP contribution >= 0.6 is 0 Å². The SMILES string of the molecule is CCCCC/C=C\C/C=C\C/C=C\CCCCCCCCC(=O)OC(CCCCCCCCCCCCCC)CCCCCCCC(=O)NCC(=O)NC(CO)C(=O)O. The number of unbranched alkanes of at least 4 members (excludes halogenated alkanes) is 24. The van der Waals surface area contributed by atoms with Gasteiger partial charge in [-0.05, 0) is 77.0 Å². The molecule has 0 fully saturated rings. The molecule has 2 unspecified atom stereocenters. The van der Waals surface area contributed by atoms with Crippen molar-refractivity contribution in [1.82, 2.24) is 10.6 Å². The zero-order chi connectivity index (χ0) is 43.3. The third kappa shape index (κ3) is 41.6. The Morgan fingerprint density at radius 3 is 1.41 bits per heavy atom. The number of hydrogen-bond acceptors (Lipinski definition) is 6. The van der Waals surface area contributed by atoms with Crippen LogP contribution in [0.15, 0.2) is 36.5 Å². The van der Waals surface area contributed by atoms with Gasteiger partial charge in [0.05, 0.1) is 13.2 Å². The molecular formula is C50H90N2O7. The lowest BCUT2D eigenvalue weighted by Gasteiger charge is -2.18. The van der Waals surface area contributed by atoms with Gasteiger partial charge in [0.15, 0.2) is 0 Å². The van der Waals surface area contributed by atoms with Gasteiger partial charge in [0.2, 0.25) is 11.8 Å². The molecule has 4 N–H and O–H groups in total. The Hall–Kier alpha value is -2.94. The van der Waals surface area contributed by atoms with E-state index in [4.69, 9.17) is 14.9 Å². The van der Waals surface area contributed by atoms with E-state index in [0.29, 0.717) is 19.3 Å². The Balaban J connectivity index is 4.29. The van der Waals surface area contributed by atoms with Gasteiger partial charge in [-0.2, -0.15) is 0 Å². The zero-order valence-electron chi connectivity index (χ0n) is 38.0. The van der Waals surface area contributed by atoms with Gasteiger partial charge < -0.3 is 25.6 Å². The molecule has 0 aliphatic rings. The Morgan fingerprint density at radius 1 is 0.508 bits per heavy atom. The lowest BCUT2D eigenvalue weighted by molar-refractivity contribution is -0.150. The Bertz CT molecular complexity index is 1090. The average Bonchev–Trinajstić information content (AvgIpc) is 3.22. The molecule has 0 aromatic heterocycles. The summed E-state index contributed by atoms with van der Waals surface area (Å²) < 4.78 is 6.05. The highest BCUT2D eigenvalue weighted by Crippen LogP contribution is 2.19. The third-order valence-electron chi connectivity index (χ3n) is 10.9. The summed E-state index contributed by atoms with van der Waals surface area (Å²) in [5, 5.41) is 22.6. The average molecular weight is 831 g/mol. The van der Waals surface area contributed by atoms with Crippen molar-refractivity contribution in [2.24, 2.45) is 0 Å². The predicted molar refractivity (Wildman–Crippen MR) is 245 cm³/mol. The number of esters is 1. The number of nitrogens with one attached hydrogen (secondary N) is 2. The van der Waals surface area contributed by atoms with Crippen molar-refractivity contribution in [1.29, 1.82) is 0 Å². The number of amides is 2. The maximum absolute atomic E-state index is 12.8. The number of allylic oxidation sites excluding steroid dienone is 6. The van der Waals surface area contributed by atoms with Crippen molar-refractivity contribution in [3.8, 4) is 0 Å². The van der Waals surface area contributed by atoms with Crippen LogP contribution in [-0.4, -0.2) is 59.3 Å². The monoisotopic (exact) mass is 831 g/mol. The minimum atomic E-state index is -1.38. The van der Waals surface area contributed by atoms with Crippen LogP contribution in [0.25, 0.3) is 0 Å². The predicted octanol–water partition coefficient (Wildman–Crippen LogP) is 12.5. The molecule has 2 atom stereocenters. The third-order valence-corrected chi connectivity index (χ3v) is 10.9. The molecular weight excluding hydrogens is 741 g/mol. The molecule has 59 heavy (non-hydrogen) atoms. The van der Waals surface area contributed by atoms with E-state index in [1.165, 1.54) is 122 Å². The molecule has 0 aromatic rings. The first-order chi connectivity index (χ1) is 28.8. The van der Waals surface area contributed by atoms with Gasteiger partial charge in [0.25, 0.3) is 0 Å². The van der Waals surface area contributed by atoms with Crippen molar-refractivity contribution >= 4 is 23.8 Å². The summed E-state index contributed by atoms with van der Waals surface area (Å²) >= 11 is 0. The largest absolute Gasteiger partial charge is 0.480 e. The Kier molecular flexibility index (Phi) is 42.4. The fourth-order valence-corrected chi connectivity index (χ4v) is 7.13. The van der Waals surface area contributed by atoms with Gasteiger partial charge in [0, 0.05) is 12.8 Å². The lowest BCUT2D eigenvalue weighted by Crippen LogP contribution is -2.47. The molecule has 342 valence electrons. The highest BCUT2D eigenvalue weighted by molar-refractivity contribution is 5.87. The van der Waals surface area contributed by atoms with Crippen LogP contribution in [0.2, 0.25) is 0 Å². The number of aliphatic hydroxyl groups is 1. The molecule has 0 aromatic carbocycles. The fraction of sp³-hybridized carbons (Fsp3) is 0.800. The summed E-state index contributed by atoms with van der Waals surface area (Å²) in [5.41, 5.74) is 0. The molecule has 0 rings (SSSR count). The molecule has 0 aliphatic carbocycles. The summed E-state index contributed by atoms with van der Waals surface area (Å²) in [4.78, 5) is 47.7. The van der Waals surface area contributed by atoms with Gasteiger partial charge in [-0.25, -0.2) is 4.79 Å². The Morgan fingerprint density at radius 2 is 0.915 bits per heavy atom. The van der Waals surface area contributed by atoms with Crippen LogP contribution in [0.1, 0.15) is 232 Å². The number of ether oxygens (including phenoxy) is 1. The van der Waals surface area contributed by atoms with E-state index in [9.17, 15) is 19.2 Å². The van der Waals surface area contributed by atoms with Crippen molar-refractivity contribution < 1.29 is 34.1 Å². The molecule has 0 spiro atoms. The molecule has 0 heterocycles. The van der Waals surface area contributed by atoms with E-state index in [-0.39, 0.29) is 24.5 Å². The lowest BCUT2D eigenvalue weighted by atomic mass is 10.0. The van der Waals surface area contributed by atoms with Gasteiger partial charge in [0.1, 0.15) is 12.1 Å². The normalized spacial score (nSPS) is 12.7. The van der Waals surface area contributed by atoms with E-state index < -0.39 is 24.5 Å². The first-order valence-corrected chi connectivity index (χ1v) is 24.4. The van der Waals surface area contributed by atoms with Crippen LogP contribution in [0.4, 0.5) is 0 Å². The van der Waals surface area contributed by atoms with E-state index in [2.05, 4.69) is 60.9 Å². The maximum atomic E-state index is 12.8. The smallest absolute Gasteiger partial charge is 0.328 e.